The van der Waals surface area contributed by atoms with E-state index in [1.54, 1.807) is 41.2 Å². The molecule has 0 aliphatic carbocycles. The molecule has 0 saturated carbocycles. The molecule has 266 valence electrons. The number of carbonyl (C=O) groups excluding carboxylic acids is 2. The van der Waals surface area contributed by atoms with Crippen LogP contribution in [-0.4, -0.2) is 82.5 Å². The van der Waals surface area contributed by atoms with Crippen LogP contribution in [0.15, 0.2) is 33.3 Å². The van der Waals surface area contributed by atoms with Gasteiger partial charge in [-0.05, 0) is 63.8 Å². The van der Waals surface area contributed by atoms with Crippen molar-refractivity contribution in [2.75, 3.05) is 33.3 Å². The Morgan fingerprint density at radius 1 is 0.796 bits per heavy atom. The fourth-order valence-electron chi connectivity index (χ4n) is 5.59. The van der Waals surface area contributed by atoms with E-state index in [-0.39, 0.29) is 47.0 Å². The van der Waals surface area contributed by atoms with Crippen LogP contribution in [0.5, 0.6) is 0 Å². The Kier molecular flexibility index (Phi) is 10.9. The minimum Gasteiger partial charge on any atom is -0.391 e. The SMILES string of the molecule is CO[C@H]1CCCN(C(=O)c2ccc(-c3noc(C(F)(F)F)c3C)s2)C1.Cc1c(-c2ccc(C(=O)N3CCC[C@@H](O)C3)s2)noc1C(F)(F)F. The molecule has 18 heteroatoms. The summed E-state index contributed by atoms with van der Waals surface area (Å²) in [5, 5.41) is 16.7. The second-order valence-electron chi connectivity index (χ2n) is 11.6. The van der Waals surface area contributed by atoms with Gasteiger partial charge in [0.2, 0.25) is 11.5 Å². The summed E-state index contributed by atoms with van der Waals surface area (Å²) in [6.07, 6.45) is -6.55. The maximum Gasteiger partial charge on any atom is 0.452 e. The fourth-order valence-corrected chi connectivity index (χ4v) is 7.61. The molecule has 0 aromatic carbocycles. The Bertz CT molecular complexity index is 1780. The van der Waals surface area contributed by atoms with Crippen LogP contribution in [0.2, 0.25) is 0 Å². The molecule has 0 spiro atoms. The normalized spacial score (nSPS) is 18.7. The Balaban J connectivity index is 0.000000191. The maximum atomic E-state index is 12.8. The lowest BCUT2D eigenvalue weighted by Crippen LogP contribution is -2.42. The van der Waals surface area contributed by atoms with Crippen molar-refractivity contribution in [3.8, 4) is 21.1 Å². The molecule has 4 aromatic rings. The number of nitrogens with zero attached hydrogens (tertiary/aromatic N) is 4. The highest BCUT2D eigenvalue weighted by Gasteiger charge is 2.40. The van der Waals surface area contributed by atoms with E-state index < -0.39 is 30.0 Å². The molecule has 49 heavy (non-hydrogen) atoms. The zero-order chi connectivity index (χ0) is 35.7. The topological polar surface area (TPSA) is 122 Å². The van der Waals surface area contributed by atoms with E-state index in [2.05, 4.69) is 19.4 Å². The number of carbonyl (C=O) groups is 2. The molecule has 2 aliphatic rings. The maximum absolute atomic E-state index is 12.8. The molecule has 10 nitrogen and oxygen atoms in total. The average molecular weight is 735 g/mol. The smallest absolute Gasteiger partial charge is 0.391 e. The van der Waals surface area contributed by atoms with Crippen molar-refractivity contribution in [1.29, 1.82) is 0 Å². The van der Waals surface area contributed by atoms with E-state index >= 15 is 0 Å². The van der Waals surface area contributed by atoms with Gasteiger partial charge in [-0.3, -0.25) is 9.59 Å². The first kappa shape index (κ1) is 36.5. The molecule has 2 fully saturated rings. The number of aliphatic hydroxyl groups excluding tert-OH is 1. The number of halogens is 6. The molecule has 4 aromatic heterocycles. The van der Waals surface area contributed by atoms with Gasteiger partial charge in [0.05, 0.1) is 31.7 Å². The van der Waals surface area contributed by atoms with Crippen molar-refractivity contribution < 1.29 is 54.8 Å². The lowest BCUT2D eigenvalue weighted by atomic mass is 10.1. The third kappa shape index (κ3) is 8.19. The third-order valence-electron chi connectivity index (χ3n) is 8.15. The van der Waals surface area contributed by atoms with Gasteiger partial charge in [-0.2, -0.15) is 26.3 Å². The molecule has 0 bridgehead atoms. The van der Waals surface area contributed by atoms with E-state index in [1.807, 2.05) is 0 Å². The molecular formula is C31H32F6N4O6S2. The first-order chi connectivity index (χ1) is 23.1. The highest BCUT2D eigenvalue weighted by atomic mass is 32.1. The summed E-state index contributed by atoms with van der Waals surface area (Å²) in [6.45, 7) is 4.59. The zero-order valence-electron chi connectivity index (χ0n) is 26.5. The molecule has 6 heterocycles. The number of hydrogen-bond donors (Lipinski definition) is 1. The Morgan fingerprint density at radius 3 is 1.65 bits per heavy atom. The summed E-state index contributed by atoms with van der Waals surface area (Å²) < 4.78 is 91.0. The van der Waals surface area contributed by atoms with Crippen molar-refractivity contribution in [3.63, 3.8) is 0 Å². The van der Waals surface area contributed by atoms with Crippen LogP contribution in [-0.2, 0) is 17.1 Å². The van der Waals surface area contributed by atoms with Crippen LogP contribution in [0.1, 0.15) is 67.7 Å². The number of hydrogen-bond acceptors (Lipinski definition) is 10. The summed E-state index contributed by atoms with van der Waals surface area (Å²) >= 11 is 2.18. The quantitative estimate of drug-likeness (QED) is 0.212. The molecule has 2 amide bonds. The largest absolute Gasteiger partial charge is 0.452 e. The number of thiophene rings is 2. The van der Waals surface area contributed by atoms with Crippen LogP contribution in [0.25, 0.3) is 21.1 Å². The third-order valence-corrected chi connectivity index (χ3v) is 10.3. The number of ether oxygens (including phenoxy) is 1. The van der Waals surface area contributed by atoms with Crippen molar-refractivity contribution in [1.82, 2.24) is 20.1 Å². The van der Waals surface area contributed by atoms with Gasteiger partial charge in [-0.25, -0.2) is 0 Å². The second-order valence-corrected chi connectivity index (χ2v) is 13.8. The minimum absolute atomic E-state index is 0.0178. The van der Waals surface area contributed by atoms with Gasteiger partial charge < -0.3 is 28.7 Å². The highest BCUT2D eigenvalue weighted by molar-refractivity contribution is 7.17. The minimum atomic E-state index is -4.60. The summed E-state index contributed by atoms with van der Waals surface area (Å²) in [7, 11) is 1.62. The predicted octanol–water partition coefficient (Wildman–Crippen LogP) is 7.31. The summed E-state index contributed by atoms with van der Waals surface area (Å²) in [4.78, 5) is 30.1. The second kappa shape index (κ2) is 14.6. The van der Waals surface area contributed by atoms with Gasteiger partial charge in [-0.1, -0.05) is 10.3 Å². The summed E-state index contributed by atoms with van der Waals surface area (Å²) in [5.74, 6) is -2.61. The number of aliphatic hydroxyl groups is 1. The molecule has 0 radical (unpaired) electrons. The van der Waals surface area contributed by atoms with Crippen molar-refractivity contribution in [2.45, 2.75) is 64.1 Å². The molecular weight excluding hydrogens is 702 g/mol. The molecule has 2 saturated heterocycles. The number of aromatic nitrogens is 2. The van der Waals surface area contributed by atoms with Crippen molar-refractivity contribution in [2.24, 2.45) is 0 Å². The number of piperidine rings is 2. The molecule has 6 rings (SSSR count). The number of alkyl halides is 6. The van der Waals surface area contributed by atoms with Gasteiger partial charge in [0.25, 0.3) is 11.8 Å². The van der Waals surface area contributed by atoms with Crippen LogP contribution in [0.4, 0.5) is 26.3 Å². The van der Waals surface area contributed by atoms with E-state index in [4.69, 9.17) is 4.74 Å². The average Bonchev–Trinajstić information content (AvgIpc) is 3.86. The number of rotatable bonds is 5. The number of methoxy groups -OCH3 is 1. The number of likely N-dealkylation sites (tertiary alicyclic amines) is 2. The Labute approximate surface area is 284 Å². The monoisotopic (exact) mass is 734 g/mol. The van der Waals surface area contributed by atoms with Crippen LogP contribution < -0.4 is 0 Å². The molecule has 2 aliphatic heterocycles. The standard InChI is InChI=1S/C16H17F3N2O3S.C15H15F3N2O3S/c1-9-13(20-24-14(9)16(17,18)19)11-5-6-12(25-11)15(22)21-7-3-4-10(8-21)23-2;1-8-12(19-23-13(8)15(16,17)18)10-4-5-11(24-10)14(22)20-6-2-3-9(21)7-20/h5-6,10H,3-4,7-8H2,1-2H3;4-5,9,21H,2-3,6-7H2,1H3/t10-;9-/m01/s1. The van der Waals surface area contributed by atoms with E-state index in [1.165, 1.54) is 13.8 Å². The zero-order valence-corrected chi connectivity index (χ0v) is 28.1. The summed E-state index contributed by atoms with van der Waals surface area (Å²) in [6, 6.07) is 6.33. The molecule has 0 unspecified atom stereocenters. The first-order valence-corrected chi connectivity index (χ1v) is 16.8. The fraction of sp³-hybridized carbons (Fsp3) is 0.484. The van der Waals surface area contributed by atoms with Gasteiger partial charge in [0.15, 0.2) is 0 Å². The van der Waals surface area contributed by atoms with Crippen molar-refractivity contribution >= 4 is 34.5 Å². The predicted molar refractivity (Wildman–Crippen MR) is 166 cm³/mol. The van der Waals surface area contributed by atoms with Crippen LogP contribution in [0.3, 0.4) is 0 Å². The van der Waals surface area contributed by atoms with Gasteiger partial charge in [-0.15, -0.1) is 22.7 Å². The summed E-state index contributed by atoms with van der Waals surface area (Å²) in [5.41, 5.74) is 0.0253. The first-order valence-electron chi connectivity index (χ1n) is 15.1. The van der Waals surface area contributed by atoms with Gasteiger partial charge in [0.1, 0.15) is 11.4 Å². The van der Waals surface area contributed by atoms with Crippen LogP contribution >= 0.6 is 22.7 Å². The van der Waals surface area contributed by atoms with E-state index in [0.717, 1.165) is 41.9 Å². The molecule has 1 N–H and O–H groups in total. The van der Waals surface area contributed by atoms with Crippen LogP contribution in [0, 0.1) is 13.8 Å². The number of β-amino-alcohol motifs (C(OH)–C–C–N with tert-alkyl or cyclic N) is 1. The van der Waals surface area contributed by atoms with E-state index in [9.17, 15) is 41.0 Å². The highest BCUT2D eigenvalue weighted by Crippen LogP contribution is 2.40. The van der Waals surface area contributed by atoms with Gasteiger partial charge in [0, 0.05) is 44.4 Å². The van der Waals surface area contributed by atoms with Crippen molar-refractivity contribution in [3.05, 3.63) is 56.7 Å². The Hall–Kier alpha value is -3.74. The van der Waals surface area contributed by atoms with E-state index in [0.29, 0.717) is 45.6 Å². The van der Waals surface area contributed by atoms with Gasteiger partial charge >= 0.3 is 12.4 Å². The lowest BCUT2D eigenvalue weighted by molar-refractivity contribution is -0.156. The lowest BCUT2D eigenvalue weighted by Gasteiger charge is -2.31. The Morgan fingerprint density at radius 2 is 1.24 bits per heavy atom. The molecule has 2 atom stereocenters. The number of amides is 2.